The number of amides is 1. The van der Waals surface area contributed by atoms with Gasteiger partial charge in [-0.15, -0.1) is 0 Å². The van der Waals surface area contributed by atoms with E-state index in [4.69, 9.17) is 5.73 Å². The fourth-order valence-electron chi connectivity index (χ4n) is 3.89. The lowest BCUT2D eigenvalue weighted by atomic mass is 9.92. The van der Waals surface area contributed by atoms with Crippen LogP contribution in [0.25, 0.3) is 0 Å². The predicted octanol–water partition coefficient (Wildman–Crippen LogP) is 2.19. The molecule has 22 heavy (non-hydrogen) atoms. The number of aromatic nitrogens is 1. The molecule has 1 saturated heterocycles. The van der Waals surface area contributed by atoms with Gasteiger partial charge in [-0.05, 0) is 50.9 Å². The molecule has 3 rings (SSSR count). The molecule has 1 amide bonds. The highest BCUT2D eigenvalue weighted by Gasteiger charge is 2.40. The molecular formula is C17H26N4O. The highest BCUT2D eigenvalue weighted by molar-refractivity contribution is 5.94. The van der Waals surface area contributed by atoms with Crippen LogP contribution < -0.4 is 11.1 Å². The topological polar surface area (TPSA) is 71.2 Å². The summed E-state index contributed by atoms with van der Waals surface area (Å²) in [7, 11) is 0. The van der Waals surface area contributed by atoms with Gasteiger partial charge in [0, 0.05) is 18.3 Å². The number of nitrogens with two attached hydrogens (primary N) is 1. The maximum Gasteiger partial charge on any atom is 0.252 e. The van der Waals surface area contributed by atoms with Crippen LogP contribution in [0.5, 0.6) is 0 Å². The number of rotatable bonds is 4. The second kappa shape index (κ2) is 6.65. The molecule has 2 heterocycles. The van der Waals surface area contributed by atoms with Gasteiger partial charge < -0.3 is 11.1 Å². The number of anilines is 1. The number of nitrogens with one attached hydrogen (secondary N) is 1. The van der Waals surface area contributed by atoms with Crippen LogP contribution in [-0.2, 0) is 0 Å². The lowest BCUT2D eigenvalue weighted by Crippen LogP contribution is -2.55. The van der Waals surface area contributed by atoms with Gasteiger partial charge in [-0.25, -0.2) is 4.98 Å². The number of likely N-dealkylation sites (tertiary alicyclic amines) is 1. The monoisotopic (exact) mass is 302 g/mol. The van der Waals surface area contributed by atoms with Crippen LogP contribution in [0.1, 0.15) is 55.3 Å². The van der Waals surface area contributed by atoms with E-state index in [9.17, 15) is 4.79 Å². The molecule has 120 valence electrons. The molecule has 3 N–H and O–H groups in total. The van der Waals surface area contributed by atoms with Crippen LogP contribution in [0.15, 0.2) is 18.3 Å². The molecule has 0 atom stereocenters. The number of piperidine rings is 1. The van der Waals surface area contributed by atoms with Crippen molar-refractivity contribution in [1.82, 2.24) is 15.2 Å². The summed E-state index contributed by atoms with van der Waals surface area (Å²) < 4.78 is 0. The van der Waals surface area contributed by atoms with Gasteiger partial charge >= 0.3 is 0 Å². The summed E-state index contributed by atoms with van der Waals surface area (Å²) in [5, 5.41) is 3.14. The number of hydrogen-bond donors (Lipinski definition) is 2. The normalized spacial score (nSPS) is 21.6. The Bertz CT molecular complexity index is 502. The van der Waals surface area contributed by atoms with Crippen molar-refractivity contribution in [3.8, 4) is 0 Å². The summed E-state index contributed by atoms with van der Waals surface area (Å²) in [6, 6.07) is 3.41. The first-order valence-electron chi connectivity index (χ1n) is 8.44. The summed E-state index contributed by atoms with van der Waals surface area (Å²) in [6.45, 7) is 3.11. The molecule has 0 bridgehead atoms. The van der Waals surface area contributed by atoms with E-state index in [-0.39, 0.29) is 11.4 Å². The SMILES string of the molecule is Nc1ccc(C(=O)NCC2(N3CCCCC3)CCCC2)cn1. The Morgan fingerprint density at radius 2 is 1.91 bits per heavy atom. The van der Waals surface area contributed by atoms with E-state index in [0.717, 1.165) is 6.54 Å². The second-order valence-corrected chi connectivity index (χ2v) is 6.63. The smallest absolute Gasteiger partial charge is 0.252 e. The van der Waals surface area contributed by atoms with E-state index in [1.807, 2.05) is 0 Å². The minimum absolute atomic E-state index is 0.0456. The summed E-state index contributed by atoms with van der Waals surface area (Å²) in [5.74, 6) is 0.396. The van der Waals surface area contributed by atoms with Gasteiger partial charge in [-0.3, -0.25) is 9.69 Å². The van der Waals surface area contributed by atoms with Gasteiger partial charge in [-0.1, -0.05) is 19.3 Å². The standard InChI is InChI=1S/C17H26N4O/c18-15-7-6-14(12-19-15)16(22)20-13-17(8-2-3-9-17)21-10-4-1-5-11-21/h6-7,12H,1-5,8-11,13H2,(H2,18,19)(H,20,22). The molecule has 1 aliphatic heterocycles. The molecule has 1 aromatic rings. The van der Waals surface area contributed by atoms with Crippen molar-refractivity contribution in [2.75, 3.05) is 25.4 Å². The van der Waals surface area contributed by atoms with Gasteiger partial charge in [0.25, 0.3) is 5.91 Å². The van der Waals surface area contributed by atoms with Gasteiger partial charge in [0.1, 0.15) is 5.82 Å². The zero-order valence-electron chi connectivity index (χ0n) is 13.2. The van der Waals surface area contributed by atoms with Crippen LogP contribution in [0, 0.1) is 0 Å². The lowest BCUT2D eigenvalue weighted by molar-refractivity contribution is 0.0642. The van der Waals surface area contributed by atoms with Crippen molar-refractivity contribution in [2.45, 2.75) is 50.5 Å². The maximum atomic E-state index is 12.3. The van der Waals surface area contributed by atoms with E-state index >= 15 is 0 Å². The van der Waals surface area contributed by atoms with Gasteiger partial charge in [0.2, 0.25) is 0 Å². The van der Waals surface area contributed by atoms with Crippen LogP contribution in [0.3, 0.4) is 0 Å². The van der Waals surface area contributed by atoms with E-state index < -0.39 is 0 Å². The van der Waals surface area contributed by atoms with E-state index in [1.165, 1.54) is 58.0 Å². The Morgan fingerprint density at radius 3 is 2.55 bits per heavy atom. The molecule has 5 heteroatoms. The summed E-state index contributed by atoms with van der Waals surface area (Å²) in [5.41, 5.74) is 6.33. The summed E-state index contributed by atoms with van der Waals surface area (Å²) >= 11 is 0. The van der Waals surface area contributed by atoms with Crippen molar-refractivity contribution in [3.05, 3.63) is 23.9 Å². The Hall–Kier alpha value is -1.62. The molecule has 1 aliphatic carbocycles. The highest BCUT2D eigenvalue weighted by atomic mass is 16.1. The molecule has 1 aromatic heterocycles. The molecule has 0 spiro atoms. The fraction of sp³-hybridized carbons (Fsp3) is 0.647. The Morgan fingerprint density at radius 1 is 1.18 bits per heavy atom. The highest BCUT2D eigenvalue weighted by Crippen LogP contribution is 2.36. The van der Waals surface area contributed by atoms with Crippen molar-refractivity contribution in [2.24, 2.45) is 0 Å². The van der Waals surface area contributed by atoms with Crippen LogP contribution >= 0.6 is 0 Å². The molecule has 0 aromatic carbocycles. The second-order valence-electron chi connectivity index (χ2n) is 6.63. The van der Waals surface area contributed by atoms with Crippen molar-refractivity contribution < 1.29 is 4.79 Å². The number of pyridine rings is 1. The predicted molar refractivity (Wildman–Crippen MR) is 87.6 cm³/mol. The first-order valence-corrected chi connectivity index (χ1v) is 8.44. The number of nitrogens with zero attached hydrogens (tertiary/aromatic N) is 2. The largest absolute Gasteiger partial charge is 0.384 e. The lowest BCUT2D eigenvalue weighted by Gasteiger charge is -2.43. The van der Waals surface area contributed by atoms with Crippen LogP contribution in [0.2, 0.25) is 0 Å². The number of hydrogen-bond acceptors (Lipinski definition) is 4. The zero-order valence-corrected chi connectivity index (χ0v) is 13.2. The van der Waals surface area contributed by atoms with E-state index in [1.54, 1.807) is 18.3 Å². The quantitative estimate of drug-likeness (QED) is 0.894. The fourth-order valence-corrected chi connectivity index (χ4v) is 3.89. The average molecular weight is 302 g/mol. The van der Waals surface area contributed by atoms with Crippen molar-refractivity contribution in [1.29, 1.82) is 0 Å². The number of carbonyl (C=O) groups excluding carboxylic acids is 1. The van der Waals surface area contributed by atoms with Crippen LogP contribution in [-0.4, -0.2) is 41.0 Å². The molecule has 2 aliphatic rings. The molecule has 5 nitrogen and oxygen atoms in total. The first kappa shape index (κ1) is 15.3. The van der Waals surface area contributed by atoms with Gasteiger partial charge in [0.15, 0.2) is 0 Å². The Balaban J connectivity index is 1.64. The third kappa shape index (κ3) is 3.24. The zero-order chi connectivity index (χ0) is 15.4. The molecular weight excluding hydrogens is 276 g/mol. The summed E-state index contributed by atoms with van der Waals surface area (Å²) in [4.78, 5) is 19.0. The third-order valence-corrected chi connectivity index (χ3v) is 5.19. The molecule has 0 radical (unpaired) electrons. The average Bonchev–Trinajstić information content (AvgIpc) is 3.04. The van der Waals surface area contributed by atoms with Crippen molar-refractivity contribution >= 4 is 11.7 Å². The van der Waals surface area contributed by atoms with Crippen LogP contribution in [0.4, 0.5) is 5.82 Å². The number of carbonyl (C=O) groups is 1. The molecule has 0 unspecified atom stereocenters. The Kier molecular flexibility index (Phi) is 4.62. The minimum Gasteiger partial charge on any atom is -0.384 e. The Labute approximate surface area is 132 Å². The van der Waals surface area contributed by atoms with E-state index in [0.29, 0.717) is 11.4 Å². The maximum absolute atomic E-state index is 12.3. The van der Waals surface area contributed by atoms with E-state index in [2.05, 4.69) is 15.2 Å². The molecule has 1 saturated carbocycles. The first-order chi connectivity index (χ1) is 10.7. The number of nitrogen functional groups attached to an aromatic ring is 1. The van der Waals surface area contributed by atoms with Gasteiger partial charge in [0.05, 0.1) is 5.56 Å². The van der Waals surface area contributed by atoms with Gasteiger partial charge in [-0.2, -0.15) is 0 Å². The van der Waals surface area contributed by atoms with Crippen molar-refractivity contribution in [3.63, 3.8) is 0 Å². The summed E-state index contributed by atoms with van der Waals surface area (Å²) in [6.07, 6.45) is 10.4. The molecule has 2 fully saturated rings. The minimum atomic E-state index is -0.0456. The third-order valence-electron chi connectivity index (χ3n) is 5.19.